The van der Waals surface area contributed by atoms with Crippen molar-refractivity contribution in [2.75, 3.05) is 13.1 Å². The summed E-state index contributed by atoms with van der Waals surface area (Å²) in [5.74, 6) is 0.889. The van der Waals surface area contributed by atoms with E-state index < -0.39 is 0 Å². The number of halogens is 1. The Morgan fingerprint density at radius 1 is 1.33 bits per heavy atom. The van der Waals surface area contributed by atoms with Crippen molar-refractivity contribution in [3.05, 3.63) is 38.0 Å². The number of aryl methyl sites for hydroxylation is 2. The van der Waals surface area contributed by atoms with Crippen LogP contribution < -0.4 is 10.6 Å². The quantitative estimate of drug-likeness (QED) is 0.357. The molecule has 1 atom stereocenters. The topological polar surface area (TPSA) is 49.3 Å². The second-order valence-electron chi connectivity index (χ2n) is 5.63. The molecule has 2 aromatic heterocycles. The van der Waals surface area contributed by atoms with Gasteiger partial charge in [-0.1, -0.05) is 0 Å². The summed E-state index contributed by atoms with van der Waals surface area (Å²) in [7, 11) is 0. The lowest BCUT2D eigenvalue weighted by Gasteiger charge is -2.17. The van der Waals surface area contributed by atoms with Crippen LogP contribution in [0.4, 0.5) is 0 Å². The third-order valence-electron chi connectivity index (χ3n) is 3.34. The zero-order valence-corrected chi connectivity index (χ0v) is 18.7. The van der Waals surface area contributed by atoms with Crippen LogP contribution in [0.2, 0.25) is 0 Å². The molecule has 0 aromatic carbocycles. The molecule has 0 aliphatic rings. The highest BCUT2D eigenvalue weighted by Gasteiger charge is 2.08. The molecule has 0 saturated heterocycles. The number of thiophene rings is 1. The van der Waals surface area contributed by atoms with E-state index in [1.807, 2.05) is 18.3 Å². The van der Waals surface area contributed by atoms with Crippen LogP contribution in [-0.4, -0.2) is 30.1 Å². The van der Waals surface area contributed by atoms with E-state index in [4.69, 9.17) is 0 Å². The molecule has 0 radical (unpaired) electrons. The lowest BCUT2D eigenvalue weighted by molar-refractivity contribution is 0.645. The summed E-state index contributed by atoms with van der Waals surface area (Å²) in [6.07, 6.45) is 1.91. The van der Waals surface area contributed by atoms with Crippen molar-refractivity contribution in [1.29, 1.82) is 0 Å². The van der Waals surface area contributed by atoms with Crippen LogP contribution in [0.3, 0.4) is 0 Å². The van der Waals surface area contributed by atoms with E-state index >= 15 is 0 Å². The molecule has 0 amide bonds. The maximum absolute atomic E-state index is 4.67. The number of nitrogens with one attached hydrogen (secondary N) is 2. The highest BCUT2D eigenvalue weighted by molar-refractivity contribution is 14.0. The van der Waals surface area contributed by atoms with Gasteiger partial charge < -0.3 is 10.6 Å². The summed E-state index contributed by atoms with van der Waals surface area (Å²) in [5.41, 5.74) is 1.13. The van der Waals surface area contributed by atoms with E-state index in [9.17, 15) is 0 Å². The van der Waals surface area contributed by atoms with Crippen molar-refractivity contribution in [3.8, 4) is 0 Å². The third-order valence-corrected chi connectivity index (χ3v) is 5.18. The van der Waals surface area contributed by atoms with Gasteiger partial charge in [0, 0.05) is 47.1 Å². The molecule has 2 aromatic rings. The van der Waals surface area contributed by atoms with Gasteiger partial charge in [0.05, 0.1) is 10.7 Å². The second kappa shape index (κ2) is 11.0. The highest BCUT2D eigenvalue weighted by Crippen LogP contribution is 2.16. The zero-order chi connectivity index (χ0) is 16.7. The summed E-state index contributed by atoms with van der Waals surface area (Å²) >= 11 is 3.56. The van der Waals surface area contributed by atoms with E-state index in [1.54, 1.807) is 11.3 Å². The minimum absolute atomic E-state index is 0. The Balaban J connectivity index is 0.00000288. The Bertz CT molecular complexity index is 636. The van der Waals surface area contributed by atoms with Gasteiger partial charge in [0.25, 0.3) is 0 Å². The number of rotatable bonds is 7. The fraction of sp³-hybridized carbons (Fsp3) is 0.529. The predicted molar refractivity (Wildman–Crippen MR) is 117 cm³/mol. The van der Waals surface area contributed by atoms with Gasteiger partial charge in [0.1, 0.15) is 0 Å². The molecule has 0 fully saturated rings. The Kier molecular flexibility index (Phi) is 9.84. The summed E-state index contributed by atoms with van der Waals surface area (Å²) < 4.78 is 0. The SMILES string of the molecule is CCNC(=NCCc1csc(C)n1)NC(C)Cc1ccc(C)s1.I. The highest BCUT2D eigenvalue weighted by atomic mass is 127. The molecule has 0 bridgehead atoms. The standard InChI is InChI=1S/C17H26N4S2.HI/c1-5-18-17(19-9-8-15-11-22-14(4)21-15)20-12(2)10-16-7-6-13(3)23-16;/h6-7,11-12H,5,8-10H2,1-4H3,(H2,18,19,20);1H. The van der Waals surface area contributed by atoms with Gasteiger partial charge in [-0.2, -0.15) is 0 Å². The van der Waals surface area contributed by atoms with Crippen molar-refractivity contribution in [2.24, 2.45) is 4.99 Å². The second-order valence-corrected chi connectivity index (χ2v) is 8.07. The van der Waals surface area contributed by atoms with Gasteiger partial charge in [-0.05, 0) is 39.8 Å². The van der Waals surface area contributed by atoms with E-state index in [2.05, 4.69) is 58.9 Å². The summed E-state index contributed by atoms with van der Waals surface area (Å²) in [5, 5.41) is 10.1. The smallest absolute Gasteiger partial charge is 0.191 e. The minimum Gasteiger partial charge on any atom is -0.357 e. The fourth-order valence-electron chi connectivity index (χ4n) is 2.31. The van der Waals surface area contributed by atoms with Crippen LogP contribution in [0, 0.1) is 13.8 Å². The van der Waals surface area contributed by atoms with Gasteiger partial charge in [-0.15, -0.1) is 46.7 Å². The molecule has 2 rings (SSSR count). The Labute approximate surface area is 170 Å². The largest absolute Gasteiger partial charge is 0.357 e. The molecular weight excluding hydrogens is 451 g/mol. The average Bonchev–Trinajstić information content (AvgIpc) is 3.08. The van der Waals surface area contributed by atoms with Gasteiger partial charge in [0.15, 0.2) is 5.96 Å². The Morgan fingerprint density at radius 3 is 2.71 bits per heavy atom. The van der Waals surface area contributed by atoms with Crippen molar-refractivity contribution in [3.63, 3.8) is 0 Å². The number of aliphatic imine (C=N–C) groups is 1. The Hall–Kier alpha value is -0.670. The molecule has 2 heterocycles. The monoisotopic (exact) mass is 478 g/mol. The van der Waals surface area contributed by atoms with Crippen LogP contribution in [-0.2, 0) is 12.8 Å². The van der Waals surface area contributed by atoms with Gasteiger partial charge in [0.2, 0.25) is 0 Å². The first kappa shape index (κ1) is 21.4. The van der Waals surface area contributed by atoms with Crippen LogP contribution >= 0.6 is 46.7 Å². The maximum Gasteiger partial charge on any atom is 0.191 e. The average molecular weight is 478 g/mol. The van der Waals surface area contributed by atoms with Crippen molar-refractivity contribution in [1.82, 2.24) is 15.6 Å². The van der Waals surface area contributed by atoms with E-state index in [0.29, 0.717) is 6.04 Å². The van der Waals surface area contributed by atoms with Crippen molar-refractivity contribution >= 4 is 52.6 Å². The zero-order valence-electron chi connectivity index (χ0n) is 14.8. The molecule has 0 aliphatic heterocycles. The number of thiazole rings is 1. The number of hydrogen-bond donors (Lipinski definition) is 2. The lowest BCUT2D eigenvalue weighted by Crippen LogP contribution is -2.43. The normalized spacial score (nSPS) is 12.6. The molecule has 0 spiro atoms. The number of guanidine groups is 1. The molecule has 0 saturated carbocycles. The van der Waals surface area contributed by atoms with Crippen LogP contribution in [0.25, 0.3) is 0 Å². The fourth-order valence-corrected chi connectivity index (χ4v) is 3.97. The Morgan fingerprint density at radius 2 is 2.12 bits per heavy atom. The molecule has 4 nitrogen and oxygen atoms in total. The predicted octanol–water partition coefficient (Wildman–Crippen LogP) is 4.17. The molecule has 7 heteroatoms. The van der Waals surface area contributed by atoms with E-state index in [1.165, 1.54) is 9.75 Å². The van der Waals surface area contributed by atoms with Crippen LogP contribution in [0.1, 0.15) is 34.3 Å². The molecule has 2 N–H and O–H groups in total. The molecule has 134 valence electrons. The molecule has 24 heavy (non-hydrogen) atoms. The van der Waals surface area contributed by atoms with Crippen molar-refractivity contribution < 1.29 is 0 Å². The molecular formula is C17H27IN4S2. The number of nitrogens with zero attached hydrogens (tertiary/aromatic N) is 2. The summed E-state index contributed by atoms with van der Waals surface area (Å²) in [6, 6.07) is 4.75. The first-order chi connectivity index (χ1) is 11.1. The van der Waals surface area contributed by atoms with Crippen LogP contribution in [0.5, 0.6) is 0 Å². The first-order valence-corrected chi connectivity index (χ1v) is 9.77. The van der Waals surface area contributed by atoms with Crippen LogP contribution in [0.15, 0.2) is 22.5 Å². The summed E-state index contributed by atoms with van der Waals surface area (Å²) in [4.78, 5) is 11.9. The maximum atomic E-state index is 4.67. The van der Waals surface area contributed by atoms with Gasteiger partial charge in [-0.3, -0.25) is 4.99 Å². The van der Waals surface area contributed by atoms with E-state index in [-0.39, 0.29) is 24.0 Å². The number of hydrogen-bond acceptors (Lipinski definition) is 4. The molecule has 0 aliphatic carbocycles. The summed E-state index contributed by atoms with van der Waals surface area (Å²) in [6.45, 7) is 10.1. The van der Waals surface area contributed by atoms with Gasteiger partial charge >= 0.3 is 0 Å². The minimum atomic E-state index is 0. The molecule has 1 unspecified atom stereocenters. The van der Waals surface area contributed by atoms with Gasteiger partial charge in [-0.25, -0.2) is 4.98 Å². The van der Waals surface area contributed by atoms with Crippen molar-refractivity contribution in [2.45, 2.75) is 46.6 Å². The first-order valence-electron chi connectivity index (χ1n) is 8.08. The number of aromatic nitrogens is 1. The third kappa shape index (κ3) is 7.48. The lowest BCUT2D eigenvalue weighted by atomic mass is 10.2. The van der Waals surface area contributed by atoms with E-state index in [0.717, 1.165) is 42.6 Å².